The van der Waals surface area contributed by atoms with Gasteiger partial charge in [0, 0.05) is 5.38 Å². The Labute approximate surface area is 75.2 Å². The minimum absolute atomic E-state index is 0.756. The van der Waals surface area contributed by atoms with Crippen molar-refractivity contribution in [3.8, 4) is 0 Å². The van der Waals surface area contributed by atoms with Crippen LogP contribution >= 0.6 is 23.1 Å². The zero-order valence-electron chi connectivity index (χ0n) is 6.54. The van der Waals surface area contributed by atoms with Crippen molar-refractivity contribution in [3.05, 3.63) is 11.1 Å². The lowest BCUT2D eigenvalue weighted by atomic mass is 10.3. The summed E-state index contributed by atoms with van der Waals surface area (Å²) < 4.78 is 1.15. The molecule has 2 N–H and O–H groups in total. The van der Waals surface area contributed by atoms with Crippen LogP contribution in [0, 0.1) is 0 Å². The standard InChI is InChI=1S/C7H12N2S2/c1-10-7-9-6(5-11-7)3-2-4-8/h5H,2-4,8H2,1H3. The average molecular weight is 188 g/mol. The third-order valence-corrected chi connectivity index (χ3v) is 3.25. The minimum Gasteiger partial charge on any atom is -0.330 e. The van der Waals surface area contributed by atoms with E-state index in [4.69, 9.17) is 5.73 Å². The molecule has 0 aromatic carbocycles. The molecule has 0 radical (unpaired) electrons. The fourth-order valence-electron chi connectivity index (χ4n) is 0.780. The number of aromatic nitrogens is 1. The Bertz CT molecular complexity index is 210. The molecule has 0 fully saturated rings. The number of aryl methyl sites for hydroxylation is 1. The third-order valence-electron chi connectivity index (χ3n) is 1.34. The molecule has 2 nitrogen and oxygen atoms in total. The lowest BCUT2D eigenvalue weighted by Gasteiger charge is -1.90. The van der Waals surface area contributed by atoms with Gasteiger partial charge in [-0.3, -0.25) is 0 Å². The van der Waals surface area contributed by atoms with Crippen LogP contribution in [0.1, 0.15) is 12.1 Å². The van der Waals surface area contributed by atoms with E-state index in [2.05, 4.69) is 10.4 Å². The molecule has 4 heteroatoms. The number of hydrogen-bond donors (Lipinski definition) is 1. The van der Waals surface area contributed by atoms with E-state index in [1.807, 2.05) is 6.26 Å². The first-order valence-electron chi connectivity index (χ1n) is 3.55. The van der Waals surface area contributed by atoms with E-state index in [1.54, 1.807) is 23.1 Å². The first-order valence-corrected chi connectivity index (χ1v) is 5.65. The number of nitrogens with two attached hydrogens (primary N) is 1. The Kier molecular flexibility index (Phi) is 3.90. The summed E-state index contributed by atoms with van der Waals surface area (Å²) in [6.45, 7) is 0.756. The molecule has 1 heterocycles. The summed E-state index contributed by atoms with van der Waals surface area (Å²) in [5.74, 6) is 0. The Morgan fingerprint density at radius 3 is 3.09 bits per heavy atom. The highest BCUT2D eigenvalue weighted by Gasteiger charge is 1.98. The van der Waals surface area contributed by atoms with Gasteiger partial charge in [-0.2, -0.15) is 0 Å². The molecule has 0 atom stereocenters. The minimum atomic E-state index is 0.756. The Morgan fingerprint density at radius 2 is 2.55 bits per heavy atom. The monoisotopic (exact) mass is 188 g/mol. The largest absolute Gasteiger partial charge is 0.330 e. The molecular weight excluding hydrogens is 176 g/mol. The predicted octanol–water partition coefficient (Wildman–Crippen LogP) is 1.76. The van der Waals surface area contributed by atoms with E-state index in [1.165, 1.54) is 5.69 Å². The lowest BCUT2D eigenvalue weighted by Crippen LogP contribution is -2.00. The fourth-order valence-corrected chi connectivity index (χ4v) is 2.10. The predicted molar refractivity (Wildman–Crippen MR) is 51.3 cm³/mol. The molecule has 0 bridgehead atoms. The summed E-state index contributed by atoms with van der Waals surface area (Å²) in [4.78, 5) is 4.39. The van der Waals surface area contributed by atoms with Crippen molar-refractivity contribution in [2.24, 2.45) is 5.73 Å². The van der Waals surface area contributed by atoms with Gasteiger partial charge in [-0.25, -0.2) is 4.98 Å². The van der Waals surface area contributed by atoms with Crippen LogP contribution in [0.5, 0.6) is 0 Å². The molecule has 0 unspecified atom stereocenters. The highest BCUT2D eigenvalue weighted by atomic mass is 32.2. The first-order chi connectivity index (χ1) is 5.36. The molecule has 62 valence electrons. The Balaban J connectivity index is 2.44. The van der Waals surface area contributed by atoms with Gasteiger partial charge in [0.1, 0.15) is 4.34 Å². The SMILES string of the molecule is CSc1nc(CCCN)cs1. The lowest BCUT2D eigenvalue weighted by molar-refractivity contribution is 0.810. The van der Waals surface area contributed by atoms with Crippen molar-refractivity contribution in [1.29, 1.82) is 0 Å². The first kappa shape index (κ1) is 9.03. The molecule has 0 spiro atoms. The van der Waals surface area contributed by atoms with E-state index in [9.17, 15) is 0 Å². The molecule has 0 aliphatic rings. The van der Waals surface area contributed by atoms with Gasteiger partial charge in [0.05, 0.1) is 5.69 Å². The number of hydrogen-bond acceptors (Lipinski definition) is 4. The Morgan fingerprint density at radius 1 is 1.73 bits per heavy atom. The molecule has 1 aromatic rings. The van der Waals surface area contributed by atoms with Gasteiger partial charge in [-0.1, -0.05) is 11.8 Å². The molecular formula is C7H12N2S2. The summed E-state index contributed by atoms with van der Waals surface area (Å²) in [6.07, 6.45) is 4.11. The van der Waals surface area contributed by atoms with Gasteiger partial charge < -0.3 is 5.73 Å². The maximum absolute atomic E-state index is 5.39. The highest BCUT2D eigenvalue weighted by Crippen LogP contribution is 2.20. The second-order valence-electron chi connectivity index (χ2n) is 2.20. The van der Waals surface area contributed by atoms with Crippen molar-refractivity contribution in [3.63, 3.8) is 0 Å². The molecule has 1 rings (SSSR count). The van der Waals surface area contributed by atoms with Crippen molar-refractivity contribution in [2.75, 3.05) is 12.8 Å². The maximum atomic E-state index is 5.39. The number of thioether (sulfide) groups is 1. The van der Waals surface area contributed by atoms with Crippen molar-refractivity contribution < 1.29 is 0 Å². The normalized spacial score (nSPS) is 10.4. The summed E-state index contributed by atoms with van der Waals surface area (Å²) in [5.41, 5.74) is 6.57. The third kappa shape index (κ3) is 2.81. The van der Waals surface area contributed by atoms with Gasteiger partial charge in [0.25, 0.3) is 0 Å². The van der Waals surface area contributed by atoms with Gasteiger partial charge in [0.15, 0.2) is 0 Å². The second kappa shape index (κ2) is 4.74. The van der Waals surface area contributed by atoms with Crippen LogP contribution < -0.4 is 5.73 Å². The van der Waals surface area contributed by atoms with Gasteiger partial charge in [0.2, 0.25) is 0 Å². The molecule has 0 saturated carbocycles. The molecule has 1 aromatic heterocycles. The van der Waals surface area contributed by atoms with Crippen molar-refractivity contribution in [1.82, 2.24) is 4.98 Å². The average Bonchev–Trinajstić information content (AvgIpc) is 2.48. The van der Waals surface area contributed by atoms with Crippen LogP contribution in [-0.4, -0.2) is 17.8 Å². The molecule has 0 amide bonds. The topological polar surface area (TPSA) is 38.9 Å². The maximum Gasteiger partial charge on any atom is 0.149 e. The Hall–Kier alpha value is -0.0600. The van der Waals surface area contributed by atoms with Gasteiger partial charge >= 0.3 is 0 Å². The quantitative estimate of drug-likeness (QED) is 0.732. The van der Waals surface area contributed by atoms with E-state index in [0.717, 1.165) is 23.7 Å². The zero-order valence-corrected chi connectivity index (χ0v) is 8.17. The van der Waals surface area contributed by atoms with Crippen LogP contribution in [-0.2, 0) is 6.42 Å². The molecule has 0 saturated heterocycles. The summed E-state index contributed by atoms with van der Waals surface area (Å²) in [7, 11) is 0. The number of thiazole rings is 1. The van der Waals surface area contributed by atoms with E-state index in [-0.39, 0.29) is 0 Å². The van der Waals surface area contributed by atoms with Gasteiger partial charge in [-0.05, 0) is 25.6 Å². The summed E-state index contributed by atoms with van der Waals surface area (Å²) >= 11 is 3.41. The van der Waals surface area contributed by atoms with Gasteiger partial charge in [-0.15, -0.1) is 11.3 Å². The second-order valence-corrected chi connectivity index (χ2v) is 4.11. The van der Waals surface area contributed by atoms with Crippen LogP contribution in [0.3, 0.4) is 0 Å². The zero-order chi connectivity index (χ0) is 8.10. The number of rotatable bonds is 4. The number of nitrogens with zero attached hydrogens (tertiary/aromatic N) is 1. The van der Waals surface area contributed by atoms with E-state index < -0.39 is 0 Å². The molecule has 0 aliphatic carbocycles. The smallest absolute Gasteiger partial charge is 0.149 e. The van der Waals surface area contributed by atoms with Crippen LogP contribution in [0.2, 0.25) is 0 Å². The fraction of sp³-hybridized carbons (Fsp3) is 0.571. The van der Waals surface area contributed by atoms with Crippen LogP contribution in [0.15, 0.2) is 9.72 Å². The van der Waals surface area contributed by atoms with Crippen molar-refractivity contribution >= 4 is 23.1 Å². The molecule has 0 aliphatic heterocycles. The molecule has 11 heavy (non-hydrogen) atoms. The summed E-state index contributed by atoms with van der Waals surface area (Å²) in [6, 6.07) is 0. The van der Waals surface area contributed by atoms with E-state index >= 15 is 0 Å². The van der Waals surface area contributed by atoms with Crippen LogP contribution in [0.4, 0.5) is 0 Å². The van der Waals surface area contributed by atoms with Crippen molar-refractivity contribution in [2.45, 2.75) is 17.2 Å². The highest BCUT2D eigenvalue weighted by molar-refractivity contribution is 8.00. The summed E-state index contributed by atoms with van der Waals surface area (Å²) in [5, 5.41) is 2.11. The van der Waals surface area contributed by atoms with E-state index in [0.29, 0.717) is 0 Å². The van der Waals surface area contributed by atoms with Crippen LogP contribution in [0.25, 0.3) is 0 Å².